The maximum Gasteiger partial charge on any atom is 0.254 e. The molecule has 0 unspecified atom stereocenters. The van der Waals surface area contributed by atoms with E-state index in [0.29, 0.717) is 23.6 Å². The van der Waals surface area contributed by atoms with Gasteiger partial charge in [0.15, 0.2) is 0 Å². The van der Waals surface area contributed by atoms with Crippen molar-refractivity contribution in [3.8, 4) is 0 Å². The Kier molecular flexibility index (Phi) is 4.23. The topological polar surface area (TPSA) is 79.0 Å². The molecule has 0 saturated carbocycles. The lowest BCUT2D eigenvalue weighted by Crippen LogP contribution is -2.34. The van der Waals surface area contributed by atoms with Crippen LogP contribution in [0.3, 0.4) is 0 Å². The Morgan fingerprint density at radius 1 is 1.39 bits per heavy atom. The molecule has 1 N–H and O–H groups in total. The number of hydrogen-bond acceptors (Lipinski definition) is 4. The average Bonchev–Trinajstić information content (AvgIpc) is 3.01. The third-order valence-corrected chi connectivity index (χ3v) is 4.27. The minimum Gasteiger partial charge on any atom is -0.334 e. The summed E-state index contributed by atoms with van der Waals surface area (Å²) >= 11 is 0. The highest BCUT2D eigenvalue weighted by atomic mass is 16.2. The molecule has 1 aliphatic rings. The summed E-state index contributed by atoms with van der Waals surface area (Å²) in [4.78, 5) is 37.9. The van der Waals surface area contributed by atoms with Crippen molar-refractivity contribution in [1.82, 2.24) is 19.9 Å². The molecular formula is C17H20N4O2. The van der Waals surface area contributed by atoms with Crippen LogP contribution in [0.1, 0.15) is 41.7 Å². The maximum atomic E-state index is 12.7. The van der Waals surface area contributed by atoms with Gasteiger partial charge in [0.05, 0.1) is 18.2 Å². The van der Waals surface area contributed by atoms with E-state index in [9.17, 15) is 9.59 Å². The third kappa shape index (κ3) is 3.16. The summed E-state index contributed by atoms with van der Waals surface area (Å²) in [7, 11) is 0. The Hall–Kier alpha value is -2.50. The van der Waals surface area contributed by atoms with Crippen molar-refractivity contribution in [2.45, 2.75) is 39.2 Å². The van der Waals surface area contributed by atoms with Crippen LogP contribution in [0, 0.1) is 13.8 Å². The number of hydrogen-bond donors (Lipinski definition) is 1. The molecule has 1 aliphatic heterocycles. The Morgan fingerprint density at radius 2 is 2.22 bits per heavy atom. The van der Waals surface area contributed by atoms with Crippen molar-refractivity contribution >= 4 is 5.91 Å². The number of carbonyl (C=O) groups excluding carboxylic acids is 1. The quantitative estimate of drug-likeness (QED) is 0.935. The summed E-state index contributed by atoms with van der Waals surface area (Å²) in [5.74, 6) is 0.522. The molecule has 1 fully saturated rings. The van der Waals surface area contributed by atoms with E-state index < -0.39 is 0 Å². The van der Waals surface area contributed by atoms with Crippen molar-refractivity contribution in [1.29, 1.82) is 0 Å². The minimum absolute atomic E-state index is 0.00138. The zero-order valence-electron chi connectivity index (χ0n) is 13.4. The summed E-state index contributed by atoms with van der Waals surface area (Å²) in [6.07, 6.45) is 3.69. The number of aryl methyl sites for hydroxylation is 2. The van der Waals surface area contributed by atoms with Gasteiger partial charge in [-0.3, -0.25) is 14.6 Å². The summed E-state index contributed by atoms with van der Waals surface area (Å²) < 4.78 is 0. The molecule has 0 aromatic carbocycles. The van der Waals surface area contributed by atoms with E-state index in [-0.39, 0.29) is 23.9 Å². The van der Waals surface area contributed by atoms with Crippen molar-refractivity contribution in [3.05, 3.63) is 57.5 Å². The van der Waals surface area contributed by atoms with Gasteiger partial charge >= 0.3 is 0 Å². The number of likely N-dealkylation sites (tertiary alicyclic amines) is 1. The van der Waals surface area contributed by atoms with E-state index >= 15 is 0 Å². The van der Waals surface area contributed by atoms with Gasteiger partial charge in [0.1, 0.15) is 5.82 Å². The predicted molar refractivity (Wildman–Crippen MR) is 86.0 cm³/mol. The second-order valence-corrected chi connectivity index (χ2v) is 5.89. The summed E-state index contributed by atoms with van der Waals surface area (Å²) in [5, 5.41) is 0. The predicted octanol–water partition coefficient (Wildman–Crippen LogP) is 1.69. The first kappa shape index (κ1) is 15.4. The number of nitrogens with one attached hydrogen (secondary N) is 1. The van der Waals surface area contributed by atoms with E-state index in [2.05, 4.69) is 15.0 Å². The van der Waals surface area contributed by atoms with Crippen LogP contribution in [-0.2, 0) is 11.2 Å². The highest BCUT2D eigenvalue weighted by Gasteiger charge is 2.31. The van der Waals surface area contributed by atoms with Crippen LogP contribution in [0.4, 0.5) is 0 Å². The van der Waals surface area contributed by atoms with Gasteiger partial charge in [-0.25, -0.2) is 4.98 Å². The molecule has 0 radical (unpaired) electrons. The van der Waals surface area contributed by atoms with Gasteiger partial charge in [-0.2, -0.15) is 0 Å². The van der Waals surface area contributed by atoms with Crippen LogP contribution in [0.15, 0.2) is 29.2 Å². The van der Waals surface area contributed by atoms with E-state index in [1.165, 1.54) is 0 Å². The lowest BCUT2D eigenvalue weighted by molar-refractivity contribution is -0.131. The molecule has 2 aromatic rings. The maximum absolute atomic E-state index is 12.7. The molecule has 23 heavy (non-hydrogen) atoms. The first-order valence-electron chi connectivity index (χ1n) is 7.83. The fraction of sp³-hybridized carbons (Fsp3) is 0.412. The number of amides is 1. The lowest BCUT2D eigenvalue weighted by Gasteiger charge is -2.24. The number of nitrogens with zero attached hydrogens (tertiary/aromatic N) is 3. The summed E-state index contributed by atoms with van der Waals surface area (Å²) in [6.45, 7) is 4.21. The van der Waals surface area contributed by atoms with E-state index in [1.54, 1.807) is 20.0 Å². The summed E-state index contributed by atoms with van der Waals surface area (Å²) in [6, 6.07) is 5.75. The zero-order valence-corrected chi connectivity index (χ0v) is 13.4. The first-order valence-corrected chi connectivity index (χ1v) is 7.83. The molecule has 0 bridgehead atoms. The van der Waals surface area contributed by atoms with Crippen LogP contribution in [0.25, 0.3) is 0 Å². The Morgan fingerprint density at radius 3 is 2.91 bits per heavy atom. The van der Waals surface area contributed by atoms with Gasteiger partial charge in [-0.1, -0.05) is 6.07 Å². The third-order valence-electron chi connectivity index (χ3n) is 4.27. The number of pyridine rings is 1. The molecule has 1 saturated heterocycles. The molecule has 2 aromatic heterocycles. The molecule has 1 amide bonds. The molecular weight excluding hydrogens is 292 g/mol. The summed E-state index contributed by atoms with van der Waals surface area (Å²) in [5.41, 5.74) is 1.75. The van der Waals surface area contributed by atoms with E-state index in [0.717, 1.165) is 18.5 Å². The highest BCUT2D eigenvalue weighted by molar-refractivity contribution is 5.79. The van der Waals surface area contributed by atoms with Gasteiger partial charge in [0.2, 0.25) is 5.91 Å². The van der Waals surface area contributed by atoms with Crippen molar-refractivity contribution < 1.29 is 4.79 Å². The molecule has 6 heteroatoms. The molecule has 120 valence electrons. The molecule has 1 atom stereocenters. The van der Waals surface area contributed by atoms with Crippen LogP contribution < -0.4 is 5.56 Å². The van der Waals surface area contributed by atoms with Gasteiger partial charge in [-0.05, 0) is 38.8 Å². The normalized spacial score (nSPS) is 17.5. The molecule has 0 aliphatic carbocycles. The van der Waals surface area contributed by atoms with Crippen molar-refractivity contribution in [2.24, 2.45) is 0 Å². The Labute approximate surface area is 134 Å². The number of carbonyl (C=O) groups is 1. The Balaban J connectivity index is 1.82. The second-order valence-electron chi connectivity index (χ2n) is 5.89. The van der Waals surface area contributed by atoms with Crippen LogP contribution in [0.5, 0.6) is 0 Å². The number of aromatic nitrogens is 3. The molecule has 3 heterocycles. The lowest BCUT2D eigenvalue weighted by atomic mass is 10.1. The van der Waals surface area contributed by atoms with E-state index in [4.69, 9.17) is 0 Å². The second kappa shape index (κ2) is 6.32. The van der Waals surface area contributed by atoms with Gasteiger partial charge < -0.3 is 9.88 Å². The van der Waals surface area contributed by atoms with Crippen LogP contribution >= 0.6 is 0 Å². The molecule has 6 nitrogen and oxygen atoms in total. The van der Waals surface area contributed by atoms with Crippen molar-refractivity contribution in [3.63, 3.8) is 0 Å². The number of rotatable bonds is 3. The van der Waals surface area contributed by atoms with Gasteiger partial charge in [0, 0.05) is 24.0 Å². The average molecular weight is 312 g/mol. The Bertz CT molecular complexity index is 770. The minimum atomic E-state index is -0.225. The fourth-order valence-electron chi connectivity index (χ4n) is 3.16. The smallest absolute Gasteiger partial charge is 0.254 e. The zero-order chi connectivity index (χ0) is 16.4. The van der Waals surface area contributed by atoms with Crippen LogP contribution in [0.2, 0.25) is 0 Å². The highest BCUT2D eigenvalue weighted by Crippen LogP contribution is 2.30. The van der Waals surface area contributed by atoms with Gasteiger partial charge in [-0.15, -0.1) is 0 Å². The monoisotopic (exact) mass is 312 g/mol. The standard InChI is InChI=1S/C17H20N4O2/c1-11-13(17(23)20-12(2)19-11)10-16(22)21-9-5-7-15(21)14-6-3-4-8-18-14/h3-4,6,8,15H,5,7,9-10H2,1-2H3,(H,19,20,23)/t15-/m1/s1. The number of H-pyrrole nitrogens is 1. The fourth-order valence-corrected chi connectivity index (χ4v) is 3.16. The first-order chi connectivity index (χ1) is 11.1. The van der Waals surface area contributed by atoms with Crippen LogP contribution in [-0.4, -0.2) is 32.3 Å². The number of aromatic amines is 1. The largest absolute Gasteiger partial charge is 0.334 e. The SMILES string of the molecule is Cc1nc(C)c(CC(=O)N2CCC[C@@H]2c2ccccn2)c(=O)[nH]1. The van der Waals surface area contributed by atoms with Crippen molar-refractivity contribution in [2.75, 3.05) is 6.54 Å². The van der Waals surface area contributed by atoms with Gasteiger partial charge in [0.25, 0.3) is 5.56 Å². The van der Waals surface area contributed by atoms with E-state index in [1.807, 2.05) is 23.1 Å². The molecule has 3 rings (SSSR count). The molecule has 0 spiro atoms.